The number of benzene rings is 1. The van der Waals surface area contributed by atoms with Crippen LogP contribution in [0.1, 0.15) is 16.9 Å². The van der Waals surface area contributed by atoms with E-state index in [0.29, 0.717) is 5.75 Å². The van der Waals surface area contributed by atoms with Crippen LogP contribution in [0.2, 0.25) is 0 Å². The molecule has 1 heterocycles. The fourth-order valence-corrected chi connectivity index (χ4v) is 2.35. The van der Waals surface area contributed by atoms with Gasteiger partial charge < -0.3 is 9.15 Å². The summed E-state index contributed by atoms with van der Waals surface area (Å²) in [7, 11) is -4.41. The van der Waals surface area contributed by atoms with Crippen molar-refractivity contribution in [2.45, 2.75) is 18.9 Å². The molecular weight excluding hydrogens is 336 g/mol. The van der Waals surface area contributed by atoms with E-state index in [1.165, 1.54) is 6.07 Å². The van der Waals surface area contributed by atoms with Crippen molar-refractivity contribution in [1.82, 2.24) is 5.43 Å². The molecule has 0 saturated carbocycles. The van der Waals surface area contributed by atoms with Crippen molar-refractivity contribution in [3.05, 3.63) is 47.2 Å². The number of furan rings is 1. The Bertz CT molecular complexity index is 850. The predicted octanol–water partition coefficient (Wildman–Crippen LogP) is 1.67. The molecule has 2 rings (SSSR count). The lowest BCUT2D eigenvalue weighted by Crippen LogP contribution is -2.24. The molecule has 0 atom stereocenters. The number of hydrogen-bond donors (Lipinski definition) is 2. The van der Waals surface area contributed by atoms with Gasteiger partial charge in [0.1, 0.15) is 11.5 Å². The molecule has 1 amide bonds. The van der Waals surface area contributed by atoms with Gasteiger partial charge in [-0.1, -0.05) is 6.07 Å². The average molecular weight is 352 g/mol. The van der Waals surface area contributed by atoms with E-state index in [4.69, 9.17) is 13.7 Å². The maximum absolute atomic E-state index is 11.6. The van der Waals surface area contributed by atoms with E-state index in [9.17, 15) is 13.2 Å². The van der Waals surface area contributed by atoms with Gasteiger partial charge in [-0.25, -0.2) is 5.43 Å². The van der Waals surface area contributed by atoms with E-state index >= 15 is 0 Å². The van der Waals surface area contributed by atoms with Crippen LogP contribution in [0, 0.1) is 13.8 Å². The van der Waals surface area contributed by atoms with Crippen LogP contribution in [0.4, 0.5) is 0 Å². The highest BCUT2D eigenvalue weighted by molar-refractivity contribution is 7.85. The van der Waals surface area contributed by atoms with E-state index < -0.39 is 21.1 Å². The van der Waals surface area contributed by atoms with E-state index in [1.54, 1.807) is 0 Å². The zero-order valence-electron chi connectivity index (χ0n) is 13.0. The summed E-state index contributed by atoms with van der Waals surface area (Å²) in [5.41, 5.74) is 4.26. The maximum Gasteiger partial charge on any atom is 0.328 e. The highest BCUT2D eigenvalue weighted by Gasteiger charge is 2.14. The first-order valence-corrected chi connectivity index (χ1v) is 8.28. The molecule has 0 unspecified atom stereocenters. The highest BCUT2D eigenvalue weighted by atomic mass is 32.2. The molecule has 0 saturated heterocycles. The van der Waals surface area contributed by atoms with E-state index in [1.807, 2.05) is 32.0 Å². The Morgan fingerprint density at radius 3 is 2.54 bits per heavy atom. The molecular formula is C15H16N2O6S. The lowest BCUT2D eigenvalue weighted by Gasteiger charge is -2.07. The molecule has 0 aliphatic rings. The number of nitrogens with one attached hydrogen (secondary N) is 1. The zero-order valence-corrected chi connectivity index (χ0v) is 13.8. The molecule has 9 heteroatoms. The molecule has 8 nitrogen and oxygen atoms in total. The molecule has 0 fully saturated rings. The van der Waals surface area contributed by atoms with Crippen LogP contribution in [0.25, 0.3) is 0 Å². The van der Waals surface area contributed by atoms with Gasteiger partial charge >= 0.3 is 10.1 Å². The minimum atomic E-state index is -4.41. The third-order valence-electron chi connectivity index (χ3n) is 2.80. The van der Waals surface area contributed by atoms with Gasteiger partial charge in [0.15, 0.2) is 6.61 Å². The summed E-state index contributed by atoms with van der Waals surface area (Å²) in [5, 5.41) is 3.01. The van der Waals surface area contributed by atoms with Crippen molar-refractivity contribution in [3.63, 3.8) is 0 Å². The third-order valence-corrected chi connectivity index (χ3v) is 3.53. The molecule has 0 bridgehead atoms. The summed E-state index contributed by atoms with van der Waals surface area (Å²) in [5.74, 6) is 0.139. The zero-order chi connectivity index (χ0) is 17.7. The minimum Gasteiger partial charge on any atom is -0.484 e. The number of amides is 1. The van der Waals surface area contributed by atoms with Gasteiger partial charge in [0, 0.05) is 0 Å². The van der Waals surface area contributed by atoms with Crippen LogP contribution < -0.4 is 10.2 Å². The molecule has 2 aromatic rings. The topological polar surface area (TPSA) is 118 Å². The van der Waals surface area contributed by atoms with Gasteiger partial charge in [-0.3, -0.25) is 9.35 Å². The van der Waals surface area contributed by atoms with E-state index in [-0.39, 0.29) is 12.4 Å². The number of nitrogens with zero attached hydrogens (tertiary/aromatic N) is 1. The number of carbonyl (C=O) groups is 1. The summed E-state index contributed by atoms with van der Waals surface area (Å²) < 4.78 is 40.6. The van der Waals surface area contributed by atoms with Gasteiger partial charge in [-0.2, -0.15) is 13.5 Å². The van der Waals surface area contributed by atoms with Crippen molar-refractivity contribution in [1.29, 1.82) is 0 Å². The normalized spacial score (nSPS) is 11.6. The van der Waals surface area contributed by atoms with Crippen molar-refractivity contribution < 1.29 is 26.9 Å². The van der Waals surface area contributed by atoms with E-state index in [2.05, 4.69) is 10.5 Å². The molecule has 2 N–H and O–H groups in total. The van der Waals surface area contributed by atoms with Crippen LogP contribution in [0.3, 0.4) is 0 Å². The van der Waals surface area contributed by atoms with Gasteiger partial charge in [-0.05, 0) is 49.2 Å². The number of hydrogen-bond acceptors (Lipinski definition) is 6. The Hall–Kier alpha value is -2.65. The Balaban J connectivity index is 1.85. The SMILES string of the molecule is Cc1cc(C)cc(OCC(=O)N/N=C/c2ccc(S(=O)(=O)O)o2)c1. The second-order valence-corrected chi connectivity index (χ2v) is 6.39. The predicted molar refractivity (Wildman–Crippen MR) is 85.7 cm³/mol. The van der Waals surface area contributed by atoms with Crippen LogP contribution in [0.15, 0.2) is 44.9 Å². The molecule has 128 valence electrons. The number of rotatable bonds is 6. The average Bonchev–Trinajstić information content (AvgIpc) is 2.93. The lowest BCUT2D eigenvalue weighted by molar-refractivity contribution is -0.123. The highest BCUT2D eigenvalue weighted by Crippen LogP contribution is 2.16. The summed E-state index contributed by atoms with van der Waals surface area (Å²) in [6.07, 6.45) is 1.10. The quantitative estimate of drug-likeness (QED) is 0.464. The summed E-state index contributed by atoms with van der Waals surface area (Å²) in [6, 6.07) is 7.96. The molecule has 1 aromatic carbocycles. The standard InChI is InChI=1S/C15H16N2O6S/c1-10-5-11(2)7-13(6-10)22-9-14(18)17-16-8-12-3-4-15(23-12)24(19,20)21/h3-8H,9H2,1-2H3,(H,17,18)(H,19,20,21)/b16-8+. The van der Waals surface area contributed by atoms with Crippen LogP contribution in [-0.2, 0) is 14.9 Å². The Labute approximate surface area is 138 Å². The Kier molecular flexibility index (Phi) is 5.37. The van der Waals surface area contributed by atoms with Crippen LogP contribution in [-0.4, -0.2) is 31.7 Å². The Morgan fingerprint density at radius 2 is 1.96 bits per heavy atom. The number of ether oxygens (including phenoxy) is 1. The lowest BCUT2D eigenvalue weighted by atomic mass is 10.1. The van der Waals surface area contributed by atoms with E-state index in [0.717, 1.165) is 23.4 Å². The van der Waals surface area contributed by atoms with Gasteiger partial charge in [0.2, 0.25) is 5.09 Å². The largest absolute Gasteiger partial charge is 0.484 e. The second kappa shape index (κ2) is 7.28. The first kappa shape index (κ1) is 17.7. The summed E-state index contributed by atoms with van der Waals surface area (Å²) >= 11 is 0. The molecule has 0 radical (unpaired) electrons. The van der Waals surface area contributed by atoms with Crippen LogP contribution in [0.5, 0.6) is 5.75 Å². The second-order valence-electron chi connectivity index (χ2n) is 5.04. The van der Waals surface area contributed by atoms with Gasteiger partial charge in [0.25, 0.3) is 5.91 Å². The Morgan fingerprint density at radius 1 is 1.29 bits per heavy atom. The number of aryl methyl sites for hydroxylation is 2. The molecule has 0 aliphatic heterocycles. The number of hydrazone groups is 1. The van der Waals surface area contributed by atoms with Crippen molar-refractivity contribution >= 4 is 22.2 Å². The fourth-order valence-electron chi connectivity index (χ4n) is 1.91. The minimum absolute atomic E-state index is 0.0538. The van der Waals surface area contributed by atoms with Crippen molar-refractivity contribution in [3.8, 4) is 5.75 Å². The summed E-state index contributed by atoms with van der Waals surface area (Å²) in [6.45, 7) is 3.62. The third kappa shape index (κ3) is 5.21. The summed E-state index contributed by atoms with van der Waals surface area (Å²) in [4.78, 5) is 11.6. The van der Waals surface area contributed by atoms with Gasteiger partial charge in [-0.15, -0.1) is 0 Å². The number of carbonyl (C=O) groups excluding carboxylic acids is 1. The molecule has 24 heavy (non-hydrogen) atoms. The fraction of sp³-hybridized carbons (Fsp3) is 0.200. The van der Waals surface area contributed by atoms with Crippen molar-refractivity contribution in [2.24, 2.45) is 5.10 Å². The van der Waals surface area contributed by atoms with Crippen LogP contribution >= 0.6 is 0 Å². The molecule has 0 aliphatic carbocycles. The smallest absolute Gasteiger partial charge is 0.328 e. The maximum atomic E-state index is 11.6. The monoisotopic (exact) mass is 352 g/mol. The molecule has 0 spiro atoms. The van der Waals surface area contributed by atoms with Crippen molar-refractivity contribution in [2.75, 3.05) is 6.61 Å². The first-order valence-electron chi connectivity index (χ1n) is 6.84. The first-order chi connectivity index (χ1) is 11.2. The molecule has 1 aromatic heterocycles. The van der Waals surface area contributed by atoms with Gasteiger partial charge in [0.05, 0.1) is 6.21 Å².